The number of nitro groups is 1. The van der Waals surface area contributed by atoms with Crippen molar-refractivity contribution < 1.29 is 24.0 Å². The van der Waals surface area contributed by atoms with Gasteiger partial charge < -0.3 is 14.6 Å². The number of ketones is 1. The van der Waals surface area contributed by atoms with Gasteiger partial charge in [-0.25, -0.2) is 9.37 Å². The molecular formula is C23H19FN4O5. The van der Waals surface area contributed by atoms with Crippen LogP contribution in [0.15, 0.2) is 72.8 Å². The summed E-state index contributed by atoms with van der Waals surface area (Å²) in [6.45, 7) is 0.693. The predicted molar refractivity (Wildman–Crippen MR) is 115 cm³/mol. The van der Waals surface area contributed by atoms with Crippen LogP contribution in [0.5, 0.6) is 0 Å². The van der Waals surface area contributed by atoms with Crippen LogP contribution in [-0.2, 0) is 16.1 Å². The van der Waals surface area contributed by atoms with Crippen LogP contribution >= 0.6 is 0 Å². The van der Waals surface area contributed by atoms with E-state index in [4.69, 9.17) is 0 Å². The number of benzene rings is 2. The predicted octanol–water partition coefficient (Wildman–Crippen LogP) is 3.44. The third-order valence-corrected chi connectivity index (χ3v) is 5.43. The molecule has 0 bridgehead atoms. The Hall–Kier alpha value is -4.34. The molecule has 1 N–H and O–H groups in total. The van der Waals surface area contributed by atoms with Crippen molar-refractivity contribution in [3.8, 4) is 0 Å². The van der Waals surface area contributed by atoms with Crippen molar-refractivity contribution in [2.75, 3.05) is 6.54 Å². The van der Waals surface area contributed by atoms with Gasteiger partial charge in [-0.3, -0.25) is 19.7 Å². The number of carbonyl (C=O) groups is 2. The number of Topliss-reactive ketones (excluding diaryl/α,β-unsaturated/α-hetero) is 1. The Bertz CT molecular complexity index is 1240. The van der Waals surface area contributed by atoms with Crippen molar-refractivity contribution in [1.29, 1.82) is 0 Å². The topological polar surface area (TPSA) is 119 Å². The summed E-state index contributed by atoms with van der Waals surface area (Å²) in [4.78, 5) is 41.9. The second kappa shape index (κ2) is 9.03. The Morgan fingerprint density at radius 2 is 1.91 bits per heavy atom. The molecule has 10 heteroatoms. The molecule has 33 heavy (non-hydrogen) atoms. The summed E-state index contributed by atoms with van der Waals surface area (Å²) >= 11 is 0. The first kappa shape index (κ1) is 21.9. The molecule has 3 aromatic rings. The van der Waals surface area contributed by atoms with Crippen LogP contribution in [0.25, 0.3) is 5.76 Å². The van der Waals surface area contributed by atoms with Gasteiger partial charge in [0.2, 0.25) is 0 Å². The number of carbonyl (C=O) groups excluding carboxylic acids is 2. The maximum absolute atomic E-state index is 13.3. The van der Waals surface area contributed by atoms with Crippen LogP contribution in [0, 0.1) is 15.9 Å². The number of likely N-dealkylation sites (tertiary alicyclic amines) is 1. The number of nitro benzene ring substituents is 1. The van der Waals surface area contributed by atoms with Gasteiger partial charge in [-0.2, -0.15) is 0 Å². The van der Waals surface area contributed by atoms with Crippen LogP contribution < -0.4 is 0 Å². The molecule has 1 atom stereocenters. The lowest BCUT2D eigenvalue weighted by Crippen LogP contribution is -2.31. The average molecular weight is 450 g/mol. The molecule has 0 aliphatic carbocycles. The van der Waals surface area contributed by atoms with Crippen molar-refractivity contribution >= 4 is 23.1 Å². The van der Waals surface area contributed by atoms with Crippen molar-refractivity contribution in [3.63, 3.8) is 0 Å². The summed E-state index contributed by atoms with van der Waals surface area (Å²) in [5, 5.41) is 22.2. The normalized spacial score (nSPS) is 17.5. The minimum absolute atomic E-state index is 0.156. The Morgan fingerprint density at radius 3 is 2.58 bits per heavy atom. The quantitative estimate of drug-likeness (QED) is 0.194. The van der Waals surface area contributed by atoms with E-state index in [1.165, 1.54) is 35.2 Å². The number of aromatic nitrogens is 2. The van der Waals surface area contributed by atoms with Crippen LogP contribution in [0.2, 0.25) is 0 Å². The van der Waals surface area contributed by atoms with Gasteiger partial charge in [0.15, 0.2) is 0 Å². The van der Waals surface area contributed by atoms with E-state index in [0.29, 0.717) is 18.5 Å². The lowest BCUT2D eigenvalue weighted by Gasteiger charge is -2.25. The van der Waals surface area contributed by atoms with E-state index in [9.17, 15) is 29.2 Å². The molecule has 168 valence electrons. The summed E-state index contributed by atoms with van der Waals surface area (Å²) in [7, 11) is 0. The molecule has 1 aliphatic rings. The van der Waals surface area contributed by atoms with Crippen molar-refractivity contribution in [2.45, 2.75) is 19.0 Å². The maximum Gasteiger partial charge on any atom is 0.295 e. The number of imidazole rings is 1. The van der Waals surface area contributed by atoms with Crippen molar-refractivity contribution in [1.82, 2.24) is 14.5 Å². The third kappa shape index (κ3) is 4.36. The number of amides is 1. The van der Waals surface area contributed by atoms with E-state index in [-0.39, 0.29) is 23.4 Å². The van der Waals surface area contributed by atoms with Crippen molar-refractivity contribution in [2.24, 2.45) is 0 Å². The zero-order valence-corrected chi connectivity index (χ0v) is 17.3. The van der Waals surface area contributed by atoms with Gasteiger partial charge in [-0.05, 0) is 36.2 Å². The molecule has 9 nitrogen and oxygen atoms in total. The number of hydrogen-bond donors (Lipinski definition) is 1. The fraction of sp³-hybridized carbons (Fsp3) is 0.174. The molecule has 2 aromatic carbocycles. The first-order valence-corrected chi connectivity index (χ1v) is 10.1. The zero-order chi connectivity index (χ0) is 23.5. The fourth-order valence-corrected chi connectivity index (χ4v) is 3.87. The number of hydrogen-bond acceptors (Lipinski definition) is 6. The number of halogens is 1. The average Bonchev–Trinajstić information content (AvgIpc) is 3.41. The second-order valence-corrected chi connectivity index (χ2v) is 7.51. The van der Waals surface area contributed by atoms with Gasteiger partial charge in [0.25, 0.3) is 17.4 Å². The molecule has 1 saturated heterocycles. The molecule has 1 aliphatic heterocycles. The molecular weight excluding hydrogens is 431 g/mol. The highest BCUT2D eigenvalue weighted by atomic mass is 19.1. The van der Waals surface area contributed by atoms with E-state index in [1.807, 2.05) is 4.57 Å². The third-order valence-electron chi connectivity index (χ3n) is 5.43. The first-order valence-electron chi connectivity index (χ1n) is 10.1. The van der Waals surface area contributed by atoms with E-state index in [0.717, 1.165) is 12.1 Å². The Balaban J connectivity index is 1.76. The highest BCUT2D eigenvalue weighted by molar-refractivity contribution is 6.46. The SMILES string of the molecule is O=C1C(=O)N(CCCn2ccnc2)[C@@H](c2cccc([N+](=O)[O-])c2)/C1=C(\O)c1ccc(F)cc1. The number of aliphatic hydroxyl groups is 1. The van der Waals surface area contributed by atoms with E-state index >= 15 is 0 Å². The fourth-order valence-electron chi connectivity index (χ4n) is 3.87. The standard InChI is InChI=1S/C23H19FN4O5/c24-17-7-5-15(6-8-17)21(29)19-20(16-3-1-4-18(13-16)28(32)33)27(23(31)22(19)30)11-2-10-26-12-9-25-14-26/h1,3-9,12-14,20,29H,2,10-11H2/b21-19+/t20-/m0/s1. The van der Waals surface area contributed by atoms with Gasteiger partial charge >= 0.3 is 0 Å². The van der Waals surface area contributed by atoms with Crippen LogP contribution in [0.1, 0.15) is 23.6 Å². The van der Waals surface area contributed by atoms with Crippen LogP contribution in [0.3, 0.4) is 0 Å². The van der Waals surface area contributed by atoms with Crippen LogP contribution in [-0.4, -0.2) is 42.7 Å². The molecule has 0 saturated carbocycles. The molecule has 0 spiro atoms. The summed E-state index contributed by atoms with van der Waals surface area (Å²) in [6, 6.07) is 9.39. The smallest absolute Gasteiger partial charge is 0.295 e. The number of aryl methyl sites for hydroxylation is 1. The van der Waals surface area contributed by atoms with E-state index < -0.39 is 34.2 Å². The summed E-state index contributed by atoms with van der Waals surface area (Å²) < 4.78 is 15.2. The molecule has 2 heterocycles. The maximum atomic E-state index is 13.3. The Labute approximate surface area is 187 Å². The summed E-state index contributed by atoms with van der Waals surface area (Å²) in [6.07, 6.45) is 5.49. The molecule has 0 unspecified atom stereocenters. The van der Waals surface area contributed by atoms with Gasteiger partial charge in [0, 0.05) is 43.2 Å². The van der Waals surface area contributed by atoms with Gasteiger partial charge in [-0.1, -0.05) is 12.1 Å². The first-order chi connectivity index (χ1) is 15.9. The lowest BCUT2D eigenvalue weighted by molar-refractivity contribution is -0.384. The summed E-state index contributed by atoms with van der Waals surface area (Å²) in [5.74, 6) is -2.72. The molecule has 1 aromatic heterocycles. The second-order valence-electron chi connectivity index (χ2n) is 7.51. The van der Waals surface area contributed by atoms with Gasteiger partial charge in [0.05, 0.1) is 22.9 Å². The van der Waals surface area contributed by atoms with Gasteiger partial charge in [-0.15, -0.1) is 0 Å². The number of nitrogens with zero attached hydrogens (tertiary/aromatic N) is 4. The molecule has 1 amide bonds. The summed E-state index contributed by atoms with van der Waals surface area (Å²) in [5.41, 5.74) is 0.0611. The van der Waals surface area contributed by atoms with E-state index in [1.54, 1.807) is 24.8 Å². The number of non-ortho nitro benzene ring substituents is 1. The Morgan fingerprint density at radius 1 is 1.15 bits per heavy atom. The van der Waals surface area contributed by atoms with E-state index in [2.05, 4.69) is 4.98 Å². The largest absolute Gasteiger partial charge is 0.507 e. The zero-order valence-electron chi connectivity index (χ0n) is 17.3. The van der Waals surface area contributed by atoms with Crippen LogP contribution in [0.4, 0.5) is 10.1 Å². The molecule has 0 radical (unpaired) electrons. The molecule has 4 rings (SSSR count). The highest BCUT2D eigenvalue weighted by Gasteiger charge is 2.46. The highest BCUT2D eigenvalue weighted by Crippen LogP contribution is 2.40. The molecule has 1 fully saturated rings. The van der Waals surface area contributed by atoms with Crippen molar-refractivity contribution in [3.05, 3.63) is 99.9 Å². The lowest BCUT2D eigenvalue weighted by atomic mass is 9.95. The number of rotatable bonds is 7. The number of aliphatic hydroxyl groups excluding tert-OH is 1. The minimum Gasteiger partial charge on any atom is -0.507 e. The Kier molecular flexibility index (Phi) is 5.99. The minimum atomic E-state index is -1.03. The van der Waals surface area contributed by atoms with Gasteiger partial charge in [0.1, 0.15) is 11.6 Å². The monoisotopic (exact) mass is 450 g/mol.